The van der Waals surface area contributed by atoms with E-state index in [2.05, 4.69) is 15.5 Å². The number of rotatable bonds is 7. The van der Waals surface area contributed by atoms with E-state index in [1.165, 1.54) is 30.6 Å². The number of nitrogens with one attached hydrogen (secondary N) is 1. The van der Waals surface area contributed by atoms with Crippen LogP contribution in [-0.2, 0) is 16.0 Å². The van der Waals surface area contributed by atoms with Crippen LogP contribution in [0.15, 0.2) is 18.2 Å². The first kappa shape index (κ1) is 21.5. The summed E-state index contributed by atoms with van der Waals surface area (Å²) in [5.41, 5.74) is 1.01. The minimum Gasteiger partial charge on any atom is -0.493 e. The molecule has 4 rings (SSSR count). The molecule has 0 radical (unpaired) electrons. The van der Waals surface area contributed by atoms with Crippen molar-refractivity contribution in [3.63, 3.8) is 0 Å². The quantitative estimate of drug-likeness (QED) is 0.705. The van der Waals surface area contributed by atoms with Crippen LogP contribution < -0.4 is 14.8 Å². The van der Waals surface area contributed by atoms with Gasteiger partial charge in [0.05, 0.1) is 20.1 Å². The van der Waals surface area contributed by atoms with E-state index in [-0.39, 0.29) is 24.2 Å². The molecule has 2 aromatic rings. The van der Waals surface area contributed by atoms with Gasteiger partial charge < -0.3 is 19.7 Å². The van der Waals surface area contributed by atoms with Gasteiger partial charge in [-0.2, -0.15) is 0 Å². The van der Waals surface area contributed by atoms with Gasteiger partial charge in [0, 0.05) is 25.4 Å². The fourth-order valence-electron chi connectivity index (χ4n) is 4.40. The smallest absolute Gasteiger partial charge is 0.231 e. The van der Waals surface area contributed by atoms with E-state index < -0.39 is 0 Å². The Morgan fingerprint density at radius 2 is 1.94 bits per heavy atom. The molecule has 9 heteroatoms. The van der Waals surface area contributed by atoms with Crippen LogP contribution in [0.1, 0.15) is 49.1 Å². The number of carbonyl (C=O) groups excluding carboxylic acids is 2. The second kappa shape index (κ2) is 9.64. The topological polar surface area (TPSA) is 93.7 Å². The van der Waals surface area contributed by atoms with Crippen LogP contribution in [0.3, 0.4) is 0 Å². The first-order valence-electron chi connectivity index (χ1n) is 10.7. The summed E-state index contributed by atoms with van der Waals surface area (Å²) < 4.78 is 10.6. The first-order valence-corrected chi connectivity index (χ1v) is 11.5. The Morgan fingerprint density at radius 3 is 2.68 bits per heavy atom. The molecule has 31 heavy (non-hydrogen) atoms. The van der Waals surface area contributed by atoms with Gasteiger partial charge in [-0.15, -0.1) is 10.2 Å². The van der Waals surface area contributed by atoms with Crippen molar-refractivity contribution < 1.29 is 19.1 Å². The Labute approximate surface area is 185 Å². The average molecular weight is 445 g/mol. The van der Waals surface area contributed by atoms with E-state index in [4.69, 9.17) is 9.47 Å². The van der Waals surface area contributed by atoms with Gasteiger partial charge in [0.25, 0.3) is 0 Å². The van der Waals surface area contributed by atoms with Gasteiger partial charge in [-0.1, -0.05) is 36.7 Å². The monoisotopic (exact) mass is 444 g/mol. The Hall–Kier alpha value is -2.68. The Balaban J connectivity index is 1.34. The van der Waals surface area contributed by atoms with Crippen molar-refractivity contribution in [1.82, 2.24) is 15.1 Å². The van der Waals surface area contributed by atoms with Gasteiger partial charge in [0.1, 0.15) is 5.01 Å². The lowest BCUT2D eigenvalue weighted by Gasteiger charge is -2.31. The molecule has 1 saturated carbocycles. The number of nitrogens with zero attached hydrogens (tertiary/aromatic N) is 3. The predicted octanol–water partition coefficient (Wildman–Crippen LogP) is 3.27. The highest BCUT2D eigenvalue weighted by molar-refractivity contribution is 7.15. The zero-order chi connectivity index (χ0) is 21.8. The predicted molar refractivity (Wildman–Crippen MR) is 118 cm³/mol. The number of likely N-dealkylation sites (tertiary alicyclic amines) is 1. The number of anilines is 1. The second-order valence-electron chi connectivity index (χ2n) is 8.10. The maximum absolute atomic E-state index is 12.7. The van der Waals surface area contributed by atoms with Crippen LogP contribution in [0, 0.1) is 5.92 Å². The van der Waals surface area contributed by atoms with Gasteiger partial charge in [0.15, 0.2) is 11.5 Å². The number of methoxy groups -OCH3 is 2. The number of hydrogen-bond donors (Lipinski definition) is 1. The molecule has 0 bridgehead atoms. The van der Waals surface area contributed by atoms with Gasteiger partial charge in [0.2, 0.25) is 16.9 Å². The van der Waals surface area contributed by atoms with Crippen molar-refractivity contribution in [2.24, 2.45) is 5.92 Å². The normalized spacial score (nSPS) is 19.5. The van der Waals surface area contributed by atoms with E-state index in [1.54, 1.807) is 14.2 Å². The van der Waals surface area contributed by atoms with Crippen LogP contribution in [0.2, 0.25) is 0 Å². The second-order valence-corrected chi connectivity index (χ2v) is 9.16. The van der Waals surface area contributed by atoms with Crippen LogP contribution >= 0.6 is 11.3 Å². The summed E-state index contributed by atoms with van der Waals surface area (Å²) in [5.74, 6) is 0.947. The van der Waals surface area contributed by atoms with Crippen molar-refractivity contribution in [2.75, 3.05) is 26.1 Å². The maximum Gasteiger partial charge on any atom is 0.231 e. The average Bonchev–Trinajstić information content (AvgIpc) is 3.40. The SMILES string of the molecule is COc1ccc(Cc2nnc(NC(=O)[C@H]3CC(=O)N(C4CCCCC4)C3)s2)cc1OC. The van der Waals surface area contributed by atoms with E-state index in [0.717, 1.165) is 23.4 Å². The molecule has 1 aromatic carbocycles. The number of ether oxygens (including phenoxy) is 2. The maximum atomic E-state index is 12.7. The van der Waals surface area contributed by atoms with Crippen LogP contribution in [0.25, 0.3) is 0 Å². The lowest BCUT2D eigenvalue weighted by Crippen LogP contribution is -2.38. The van der Waals surface area contributed by atoms with Gasteiger partial charge in [-0.05, 0) is 30.5 Å². The van der Waals surface area contributed by atoms with E-state index in [1.807, 2.05) is 23.1 Å². The third-order valence-electron chi connectivity index (χ3n) is 6.04. The minimum absolute atomic E-state index is 0.0958. The standard InChI is InChI=1S/C22H28N4O4S/c1-29-17-9-8-14(10-18(17)30-2)11-19-24-25-22(31-19)23-21(28)15-12-20(27)26(13-15)16-6-4-3-5-7-16/h8-10,15-16H,3-7,11-13H2,1-2H3,(H,23,25,28)/t15-/m0/s1. The van der Waals surface area contributed by atoms with Crippen molar-refractivity contribution in [3.05, 3.63) is 28.8 Å². The first-order chi connectivity index (χ1) is 15.1. The van der Waals surface area contributed by atoms with Crippen molar-refractivity contribution >= 4 is 28.3 Å². The number of hydrogen-bond acceptors (Lipinski definition) is 7. The molecule has 1 N–H and O–H groups in total. The summed E-state index contributed by atoms with van der Waals surface area (Å²) in [4.78, 5) is 27.1. The third-order valence-corrected chi connectivity index (χ3v) is 6.88. The molecule has 1 aliphatic heterocycles. The molecule has 1 aliphatic carbocycles. The van der Waals surface area contributed by atoms with Crippen LogP contribution in [-0.4, -0.2) is 53.7 Å². The molecule has 1 aromatic heterocycles. The third kappa shape index (κ3) is 4.98. The fourth-order valence-corrected chi connectivity index (χ4v) is 5.18. The van der Waals surface area contributed by atoms with Crippen molar-refractivity contribution in [1.29, 1.82) is 0 Å². The van der Waals surface area contributed by atoms with Crippen LogP contribution in [0.5, 0.6) is 11.5 Å². The molecular weight excluding hydrogens is 416 g/mol. The number of carbonyl (C=O) groups is 2. The molecule has 2 heterocycles. The molecule has 2 amide bonds. The molecular formula is C22H28N4O4S. The van der Waals surface area contributed by atoms with Crippen molar-refractivity contribution in [3.8, 4) is 11.5 Å². The highest BCUT2D eigenvalue weighted by atomic mass is 32.1. The van der Waals surface area contributed by atoms with Gasteiger partial charge in [-0.25, -0.2) is 0 Å². The molecule has 0 unspecified atom stereocenters. The number of amides is 2. The highest BCUT2D eigenvalue weighted by Crippen LogP contribution is 2.31. The van der Waals surface area contributed by atoms with Crippen molar-refractivity contribution in [2.45, 2.75) is 51.0 Å². The number of benzene rings is 1. The molecule has 8 nitrogen and oxygen atoms in total. The molecule has 0 spiro atoms. The van der Waals surface area contributed by atoms with E-state index in [0.29, 0.717) is 35.6 Å². The summed E-state index contributed by atoms with van der Waals surface area (Å²) in [6.07, 6.45) is 6.53. The summed E-state index contributed by atoms with van der Waals surface area (Å²) in [6, 6.07) is 6.01. The molecule has 1 atom stereocenters. The Kier molecular flexibility index (Phi) is 6.70. The zero-order valence-corrected chi connectivity index (χ0v) is 18.7. The summed E-state index contributed by atoms with van der Waals surface area (Å²) in [5, 5.41) is 12.4. The minimum atomic E-state index is -0.326. The highest BCUT2D eigenvalue weighted by Gasteiger charge is 2.38. The molecule has 2 aliphatic rings. The summed E-state index contributed by atoms with van der Waals surface area (Å²) in [7, 11) is 3.20. The molecule has 1 saturated heterocycles. The largest absolute Gasteiger partial charge is 0.493 e. The van der Waals surface area contributed by atoms with Gasteiger partial charge in [-0.3, -0.25) is 9.59 Å². The fraction of sp³-hybridized carbons (Fsp3) is 0.545. The van der Waals surface area contributed by atoms with Crippen LogP contribution in [0.4, 0.5) is 5.13 Å². The molecule has 166 valence electrons. The zero-order valence-electron chi connectivity index (χ0n) is 17.9. The van der Waals surface area contributed by atoms with Gasteiger partial charge >= 0.3 is 0 Å². The summed E-state index contributed by atoms with van der Waals surface area (Å²) in [6.45, 7) is 0.507. The Bertz CT molecular complexity index is 941. The Morgan fingerprint density at radius 1 is 1.16 bits per heavy atom. The molecule has 2 fully saturated rings. The lowest BCUT2D eigenvalue weighted by molar-refractivity contribution is -0.130. The van der Waals surface area contributed by atoms with E-state index >= 15 is 0 Å². The lowest BCUT2D eigenvalue weighted by atomic mass is 9.94. The van der Waals surface area contributed by atoms with E-state index in [9.17, 15) is 9.59 Å². The summed E-state index contributed by atoms with van der Waals surface area (Å²) >= 11 is 1.34. The number of aromatic nitrogens is 2.